The molecule has 1 N–H and O–H groups in total. The molecule has 2 aliphatic heterocycles. The zero-order valence-corrected chi connectivity index (χ0v) is 15.6. The van der Waals surface area contributed by atoms with Crippen LogP contribution >= 0.6 is 0 Å². The second kappa shape index (κ2) is 6.05. The standard InChI is InChI=1S/C22H20N4O2/c1-3-20(27)25-10-16(11-25)14-5-6-17-15(8-14)12-26(22(17)28)21-13(2)4-7-19-18(21)9-23-24-19/h3-9,16H,1,10-12H2,2H3,(H,23,24). The second-order valence-corrected chi connectivity index (χ2v) is 7.51. The SMILES string of the molecule is C=CC(=O)N1CC(c2ccc3c(c2)CN(c2c(C)ccc4[nH]ncc24)C3=O)C1. The number of carbonyl (C=O) groups excluding carboxylic acids is 2. The van der Waals surface area contributed by atoms with Crippen LogP contribution in [-0.4, -0.2) is 40.0 Å². The number of aromatic nitrogens is 2. The van der Waals surface area contributed by atoms with E-state index < -0.39 is 0 Å². The van der Waals surface area contributed by atoms with E-state index in [1.807, 2.05) is 36.1 Å². The minimum Gasteiger partial charge on any atom is -0.338 e. The van der Waals surface area contributed by atoms with Crippen molar-refractivity contribution in [3.63, 3.8) is 0 Å². The molecule has 2 aliphatic rings. The van der Waals surface area contributed by atoms with Crippen molar-refractivity contribution in [2.45, 2.75) is 19.4 Å². The number of benzene rings is 2. The predicted octanol–water partition coefficient (Wildman–Crippen LogP) is 3.14. The van der Waals surface area contributed by atoms with E-state index in [9.17, 15) is 9.59 Å². The number of anilines is 1. The third-order valence-electron chi connectivity index (χ3n) is 5.84. The molecule has 1 fully saturated rings. The monoisotopic (exact) mass is 372 g/mol. The maximum Gasteiger partial charge on any atom is 0.258 e. The summed E-state index contributed by atoms with van der Waals surface area (Å²) >= 11 is 0. The number of carbonyl (C=O) groups is 2. The number of nitrogens with one attached hydrogen (secondary N) is 1. The highest BCUT2D eigenvalue weighted by Gasteiger charge is 2.34. The van der Waals surface area contributed by atoms with Crippen LogP contribution < -0.4 is 4.90 Å². The number of hydrogen-bond acceptors (Lipinski definition) is 3. The van der Waals surface area contributed by atoms with Gasteiger partial charge in [0.15, 0.2) is 0 Å². The lowest BCUT2D eigenvalue weighted by Crippen LogP contribution is -2.47. The first-order chi connectivity index (χ1) is 13.6. The Kier molecular flexibility index (Phi) is 3.62. The van der Waals surface area contributed by atoms with Crippen molar-refractivity contribution in [1.29, 1.82) is 0 Å². The smallest absolute Gasteiger partial charge is 0.258 e. The molecule has 6 nitrogen and oxygen atoms in total. The average Bonchev–Trinajstić information content (AvgIpc) is 3.25. The van der Waals surface area contributed by atoms with Gasteiger partial charge in [-0.2, -0.15) is 5.10 Å². The lowest BCUT2D eigenvalue weighted by atomic mass is 9.89. The molecule has 5 rings (SSSR count). The number of fused-ring (bicyclic) bond motifs is 2. The molecule has 6 heteroatoms. The number of aromatic amines is 1. The molecule has 0 saturated carbocycles. The molecular weight excluding hydrogens is 352 g/mol. The topological polar surface area (TPSA) is 69.3 Å². The average molecular weight is 372 g/mol. The van der Waals surface area contributed by atoms with E-state index in [1.54, 1.807) is 11.1 Å². The molecular formula is C22H20N4O2. The first kappa shape index (κ1) is 16.7. The summed E-state index contributed by atoms with van der Waals surface area (Å²) < 4.78 is 0. The summed E-state index contributed by atoms with van der Waals surface area (Å²) in [5.41, 5.74) is 5.86. The first-order valence-electron chi connectivity index (χ1n) is 9.35. The quantitative estimate of drug-likeness (QED) is 0.718. The van der Waals surface area contributed by atoms with Crippen molar-refractivity contribution in [2.75, 3.05) is 18.0 Å². The van der Waals surface area contributed by atoms with Gasteiger partial charge in [-0.05, 0) is 41.8 Å². The Bertz CT molecular complexity index is 1140. The summed E-state index contributed by atoms with van der Waals surface area (Å²) in [6.45, 7) is 7.51. The molecule has 140 valence electrons. The van der Waals surface area contributed by atoms with E-state index in [2.05, 4.69) is 22.8 Å². The highest BCUT2D eigenvalue weighted by atomic mass is 16.2. The van der Waals surface area contributed by atoms with E-state index in [4.69, 9.17) is 0 Å². The molecule has 3 aromatic rings. The fourth-order valence-corrected chi connectivity index (χ4v) is 4.24. The highest BCUT2D eigenvalue weighted by Crippen LogP contribution is 2.37. The lowest BCUT2D eigenvalue weighted by molar-refractivity contribution is -0.130. The van der Waals surface area contributed by atoms with Crippen molar-refractivity contribution < 1.29 is 9.59 Å². The third kappa shape index (κ3) is 2.37. The summed E-state index contributed by atoms with van der Waals surface area (Å²) in [5, 5.41) is 8.06. The van der Waals surface area contributed by atoms with Gasteiger partial charge in [-0.3, -0.25) is 14.7 Å². The Labute approximate surface area is 162 Å². The van der Waals surface area contributed by atoms with Crippen molar-refractivity contribution >= 4 is 28.4 Å². The van der Waals surface area contributed by atoms with Gasteiger partial charge < -0.3 is 9.80 Å². The number of aryl methyl sites for hydroxylation is 1. The van der Waals surface area contributed by atoms with Crippen LogP contribution in [0.2, 0.25) is 0 Å². The molecule has 1 saturated heterocycles. The molecule has 0 spiro atoms. The lowest BCUT2D eigenvalue weighted by Gasteiger charge is -2.39. The number of likely N-dealkylation sites (tertiary alicyclic amines) is 1. The summed E-state index contributed by atoms with van der Waals surface area (Å²) in [4.78, 5) is 28.4. The molecule has 3 heterocycles. The molecule has 0 aliphatic carbocycles. The molecule has 2 amide bonds. The van der Waals surface area contributed by atoms with Crippen molar-refractivity contribution in [3.8, 4) is 0 Å². The largest absolute Gasteiger partial charge is 0.338 e. The van der Waals surface area contributed by atoms with Crippen molar-refractivity contribution in [3.05, 3.63) is 71.4 Å². The van der Waals surface area contributed by atoms with Crippen LogP contribution in [0.4, 0.5) is 5.69 Å². The second-order valence-electron chi connectivity index (χ2n) is 7.51. The van der Waals surface area contributed by atoms with Gasteiger partial charge in [0.2, 0.25) is 5.91 Å². The molecule has 28 heavy (non-hydrogen) atoms. The Balaban J connectivity index is 1.45. The number of hydrogen-bond donors (Lipinski definition) is 1. The van der Waals surface area contributed by atoms with Crippen molar-refractivity contribution in [1.82, 2.24) is 15.1 Å². The van der Waals surface area contributed by atoms with Crippen LogP contribution in [0.15, 0.2) is 49.2 Å². The van der Waals surface area contributed by atoms with E-state index in [-0.39, 0.29) is 11.8 Å². The summed E-state index contributed by atoms with van der Waals surface area (Å²) in [7, 11) is 0. The maximum absolute atomic E-state index is 13.1. The molecule has 0 bridgehead atoms. The van der Waals surface area contributed by atoms with Crippen LogP contribution in [0.1, 0.15) is 33.0 Å². The molecule has 0 radical (unpaired) electrons. The highest BCUT2D eigenvalue weighted by molar-refractivity contribution is 6.14. The zero-order chi connectivity index (χ0) is 19.4. The fourth-order valence-electron chi connectivity index (χ4n) is 4.24. The number of nitrogens with zero attached hydrogens (tertiary/aromatic N) is 3. The third-order valence-corrected chi connectivity index (χ3v) is 5.84. The maximum atomic E-state index is 13.1. The Morgan fingerprint density at radius 1 is 1.29 bits per heavy atom. The number of H-pyrrole nitrogens is 1. The number of rotatable bonds is 3. The summed E-state index contributed by atoms with van der Waals surface area (Å²) in [6.07, 6.45) is 3.13. The first-order valence-corrected chi connectivity index (χ1v) is 9.35. The van der Waals surface area contributed by atoms with Crippen LogP contribution in [0.25, 0.3) is 10.9 Å². The van der Waals surface area contributed by atoms with E-state index in [0.29, 0.717) is 25.6 Å². The van der Waals surface area contributed by atoms with E-state index in [0.717, 1.165) is 33.3 Å². The molecule has 0 atom stereocenters. The van der Waals surface area contributed by atoms with Crippen LogP contribution in [0.5, 0.6) is 0 Å². The zero-order valence-electron chi connectivity index (χ0n) is 15.6. The minimum atomic E-state index is -0.0255. The molecule has 1 aromatic heterocycles. The van der Waals surface area contributed by atoms with E-state index in [1.165, 1.54) is 11.6 Å². The number of amides is 2. The van der Waals surface area contributed by atoms with Gasteiger partial charge in [-0.25, -0.2) is 0 Å². The Hall–Kier alpha value is -3.41. The molecule has 0 unspecified atom stereocenters. The van der Waals surface area contributed by atoms with Gasteiger partial charge in [-0.1, -0.05) is 24.8 Å². The fraction of sp³-hybridized carbons (Fsp3) is 0.227. The normalized spacial score (nSPS) is 16.4. The summed E-state index contributed by atoms with van der Waals surface area (Å²) in [6, 6.07) is 10.1. The van der Waals surface area contributed by atoms with Gasteiger partial charge >= 0.3 is 0 Å². The van der Waals surface area contributed by atoms with Crippen LogP contribution in [0.3, 0.4) is 0 Å². The van der Waals surface area contributed by atoms with Gasteiger partial charge in [0, 0.05) is 30.0 Å². The Morgan fingerprint density at radius 3 is 2.89 bits per heavy atom. The minimum absolute atomic E-state index is 0.0235. The Morgan fingerprint density at radius 2 is 2.11 bits per heavy atom. The van der Waals surface area contributed by atoms with Crippen LogP contribution in [-0.2, 0) is 11.3 Å². The summed E-state index contributed by atoms with van der Waals surface area (Å²) in [5.74, 6) is 0.315. The predicted molar refractivity (Wildman–Crippen MR) is 107 cm³/mol. The van der Waals surface area contributed by atoms with Gasteiger partial charge in [0.25, 0.3) is 5.91 Å². The van der Waals surface area contributed by atoms with Gasteiger partial charge in [0.1, 0.15) is 0 Å². The van der Waals surface area contributed by atoms with Crippen molar-refractivity contribution in [2.24, 2.45) is 0 Å². The van der Waals surface area contributed by atoms with Gasteiger partial charge in [0.05, 0.1) is 23.9 Å². The molecule has 2 aromatic carbocycles. The van der Waals surface area contributed by atoms with E-state index >= 15 is 0 Å². The van der Waals surface area contributed by atoms with Gasteiger partial charge in [-0.15, -0.1) is 0 Å². The van der Waals surface area contributed by atoms with Crippen LogP contribution in [0, 0.1) is 6.92 Å².